The lowest BCUT2D eigenvalue weighted by atomic mass is 9.93. The van der Waals surface area contributed by atoms with Gasteiger partial charge in [0.15, 0.2) is 0 Å². The summed E-state index contributed by atoms with van der Waals surface area (Å²) in [4.78, 5) is 13.3. The van der Waals surface area contributed by atoms with Crippen molar-refractivity contribution in [1.82, 2.24) is 10.6 Å². The molecule has 0 heterocycles. The predicted octanol–water partition coefficient (Wildman–Crippen LogP) is 7.01. The first-order chi connectivity index (χ1) is 17.6. The zero-order valence-corrected chi connectivity index (χ0v) is 20.7. The van der Waals surface area contributed by atoms with E-state index >= 15 is 0 Å². The summed E-state index contributed by atoms with van der Waals surface area (Å²) < 4.78 is 5.90. The minimum absolute atomic E-state index is 0.0250. The monoisotopic (exact) mass is 476 g/mol. The fourth-order valence-corrected chi connectivity index (χ4v) is 5.19. The molecule has 0 bridgehead atoms. The van der Waals surface area contributed by atoms with Gasteiger partial charge >= 0.3 is 6.09 Å². The van der Waals surface area contributed by atoms with Crippen molar-refractivity contribution in [3.05, 3.63) is 131 Å². The van der Waals surface area contributed by atoms with Crippen LogP contribution < -0.4 is 10.6 Å². The Kier molecular flexibility index (Phi) is 7.15. The van der Waals surface area contributed by atoms with Gasteiger partial charge in [-0.25, -0.2) is 4.79 Å². The molecule has 0 unspecified atom stereocenters. The summed E-state index contributed by atoms with van der Waals surface area (Å²) in [7, 11) is 0. The second kappa shape index (κ2) is 10.8. The maximum absolute atomic E-state index is 13.3. The van der Waals surface area contributed by atoms with Gasteiger partial charge in [0.1, 0.15) is 6.61 Å². The third kappa shape index (κ3) is 5.05. The highest BCUT2D eigenvalue weighted by molar-refractivity contribution is 5.79. The molecule has 1 aliphatic rings. The second-order valence-corrected chi connectivity index (χ2v) is 9.57. The third-order valence-electron chi connectivity index (χ3n) is 6.78. The number of rotatable bonds is 8. The van der Waals surface area contributed by atoms with Gasteiger partial charge in [0.25, 0.3) is 0 Å². The Labute approximate surface area is 213 Å². The van der Waals surface area contributed by atoms with Gasteiger partial charge in [-0.2, -0.15) is 0 Å². The number of hydrogen-bond donors (Lipinski definition) is 2. The fraction of sp³-hybridized carbons (Fsp3) is 0.219. The second-order valence-electron chi connectivity index (χ2n) is 9.57. The van der Waals surface area contributed by atoms with Crippen LogP contribution >= 0.6 is 0 Å². The fourth-order valence-electron chi connectivity index (χ4n) is 5.19. The van der Waals surface area contributed by atoms with E-state index < -0.39 is 6.09 Å². The van der Waals surface area contributed by atoms with Gasteiger partial charge in [0.2, 0.25) is 0 Å². The summed E-state index contributed by atoms with van der Waals surface area (Å²) in [5, 5.41) is 6.84. The SMILES string of the molecule is CC(C)N[C@@H](c1ccccc1)[C@@H](NC(=O)OCC1c2ccccc2-c2ccccc21)c1ccccc1. The molecule has 0 radical (unpaired) electrons. The van der Waals surface area contributed by atoms with E-state index in [-0.39, 0.29) is 30.7 Å². The van der Waals surface area contributed by atoms with Crippen molar-refractivity contribution in [1.29, 1.82) is 0 Å². The number of benzene rings is 4. The zero-order chi connectivity index (χ0) is 24.9. The van der Waals surface area contributed by atoms with Crippen LogP contribution in [0.1, 0.15) is 54.1 Å². The van der Waals surface area contributed by atoms with Crippen molar-refractivity contribution < 1.29 is 9.53 Å². The van der Waals surface area contributed by atoms with Gasteiger partial charge in [-0.1, -0.05) is 123 Å². The molecule has 0 aliphatic heterocycles. The average Bonchev–Trinajstić information content (AvgIpc) is 3.24. The number of hydrogen-bond acceptors (Lipinski definition) is 3. The van der Waals surface area contributed by atoms with Crippen molar-refractivity contribution >= 4 is 6.09 Å². The Balaban J connectivity index is 1.38. The van der Waals surface area contributed by atoms with E-state index in [1.165, 1.54) is 22.3 Å². The normalized spacial score (nSPS) is 14.1. The maximum atomic E-state index is 13.3. The molecule has 0 fully saturated rings. The Morgan fingerprint density at radius 2 is 1.17 bits per heavy atom. The molecular formula is C32H32N2O2. The van der Waals surface area contributed by atoms with Crippen LogP contribution in [0.2, 0.25) is 0 Å². The molecule has 182 valence electrons. The molecule has 4 aromatic rings. The van der Waals surface area contributed by atoms with Gasteiger partial charge in [0, 0.05) is 12.0 Å². The molecule has 2 N–H and O–H groups in total. The Hall–Kier alpha value is -3.89. The number of amides is 1. The van der Waals surface area contributed by atoms with E-state index in [2.05, 4.69) is 73.0 Å². The van der Waals surface area contributed by atoms with Crippen LogP contribution in [0.15, 0.2) is 109 Å². The lowest BCUT2D eigenvalue weighted by molar-refractivity contribution is 0.136. The number of alkyl carbamates (subject to hydrolysis) is 1. The zero-order valence-electron chi connectivity index (χ0n) is 20.7. The van der Waals surface area contributed by atoms with Gasteiger partial charge in [-0.3, -0.25) is 0 Å². The van der Waals surface area contributed by atoms with E-state index in [1.54, 1.807) is 0 Å². The highest BCUT2D eigenvalue weighted by Crippen LogP contribution is 2.44. The van der Waals surface area contributed by atoms with Crippen molar-refractivity contribution in [3.8, 4) is 11.1 Å². The largest absolute Gasteiger partial charge is 0.449 e. The van der Waals surface area contributed by atoms with E-state index in [4.69, 9.17) is 4.74 Å². The number of ether oxygens (including phenoxy) is 1. The Bertz CT molecular complexity index is 1260. The molecule has 4 nitrogen and oxygen atoms in total. The summed E-state index contributed by atoms with van der Waals surface area (Å²) >= 11 is 0. The minimum Gasteiger partial charge on any atom is -0.449 e. The van der Waals surface area contributed by atoms with Crippen molar-refractivity contribution in [2.75, 3.05) is 6.61 Å². The minimum atomic E-state index is -0.419. The molecule has 5 rings (SSSR count). The number of fused-ring (bicyclic) bond motifs is 3. The van der Waals surface area contributed by atoms with Crippen LogP contribution in [-0.4, -0.2) is 18.7 Å². The standard InChI is InChI=1S/C32H32N2O2/c1-22(2)33-30(23-13-5-3-6-14-23)31(24-15-7-4-8-16-24)34-32(35)36-21-29-27-19-11-9-17-25(27)26-18-10-12-20-28(26)29/h3-20,22,29-31,33H,21H2,1-2H3,(H,34,35)/t30-,31-/m0/s1. The van der Waals surface area contributed by atoms with Crippen molar-refractivity contribution in [3.63, 3.8) is 0 Å². The van der Waals surface area contributed by atoms with Crippen LogP contribution in [0.4, 0.5) is 4.79 Å². The van der Waals surface area contributed by atoms with Crippen LogP contribution in [0.25, 0.3) is 11.1 Å². The van der Waals surface area contributed by atoms with Crippen LogP contribution in [0.5, 0.6) is 0 Å². The van der Waals surface area contributed by atoms with Crippen molar-refractivity contribution in [2.45, 2.75) is 37.9 Å². The van der Waals surface area contributed by atoms with Crippen molar-refractivity contribution in [2.24, 2.45) is 0 Å². The van der Waals surface area contributed by atoms with Crippen LogP contribution in [0.3, 0.4) is 0 Å². The van der Waals surface area contributed by atoms with Crippen LogP contribution in [0, 0.1) is 0 Å². The lowest BCUT2D eigenvalue weighted by Gasteiger charge is -2.31. The van der Waals surface area contributed by atoms with Gasteiger partial charge < -0.3 is 15.4 Å². The predicted molar refractivity (Wildman–Crippen MR) is 145 cm³/mol. The summed E-state index contributed by atoms with van der Waals surface area (Å²) in [6.07, 6.45) is -0.419. The maximum Gasteiger partial charge on any atom is 0.407 e. The molecule has 0 saturated heterocycles. The van der Waals surface area contributed by atoms with Crippen LogP contribution in [-0.2, 0) is 4.74 Å². The average molecular weight is 477 g/mol. The molecule has 36 heavy (non-hydrogen) atoms. The number of carbonyl (C=O) groups is 1. The molecule has 0 saturated carbocycles. The van der Waals surface area contributed by atoms with Gasteiger partial charge in [-0.05, 0) is 33.4 Å². The first kappa shape index (κ1) is 23.8. The first-order valence-electron chi connectivity index (χ1n) is 12.6. The number of nitrogens with one attached hydrogen (secondary N) is 2. The van der Waals surface area contributed by atoms with E-state index in [1.807, 2.05) is 60.7 Å². The highest BCUT2D eigenvalue weighted by atomic mass is 16.5. The summed E-state index contributed by atoms with van der Waals surface area (Å²) in [6, 6.07) is 36.9. The highest BCUT2D eigenvalue weighted by Gasteiger charge is 2.31. The summed E-state index contributed by atoms with van der Waals surface area (Å²) in [6.45, 7) is 4.52. The first-order valence-corrected chi connectivity index (χ1v) is 12.6. The van der Waals surface area contributed by atoms with E-state index in [9.17, 15) is 4.79 Å². The molecule has 0 aromatic heterocycles. The Morgan fingerprint density at radius 1 is 0.694 bits per heavy atom. The molecule has 4 heteroatoms. The smallest absolute Gasteiger partial charge is 0.407 e. The molecular weight excluding hydrogens is 444 g/mol. The van der Waals surface area contributed by atoms with E-state index in [0.717, 1.165) is 11.1 Å². The number of carbonyl (C=O) groups excluding carboxylic acids is 1. The Morgan fingerprint density at radius 3 is 1.69 bits per heavy atom. The van der Waals surface area contributed by atoms with Gasteiger partial charge in [0.05, 0.1) is 12.1 Å². The molecule has 4 aromatic carbocycles. The lowest BCUT2D eigenvalue weighted by Crippen LogP contribution is -2.41. The quantitative estimate of drug-likeness (QED) is 0.288. The molecule has 2 atom stereocenters. The molecule has 0 spiro atoms. The van der Waals surface area contributed by atoms with E-state index in [0.29, 0.717) is 0 Å². The molecule has 1 amide bonds. The summed E-state index contributed by atoms with van der Waals surface area (Å²) in [5.41, 5.74) is 6.97. The molecule has 1 aliphatic carbocycles. The van der Waals surface area contributed by atoms with Gasteiger partial charge in [-0.15, -0.1) is 0 Å². The third-order valence-corrected chi connectivity index (χ3v) is 6.78. The summed E-state index contributed by atoms with van der Waals surface area (Å²) in [5.74, 6) is 0.0250. The topological polar surface area (TPSA) is 50.4 Å².